The van der Waals surface area contributed by atoms with Gasteiger partial charge in [0.2, 0.25) is 0 Å². The molecule has 48 heavy (non-hydrogen) atoms. The number of hydrogen-bond acceptors (Lipinski definition) is 7. The molecule has 0 aliphatic carbocycles. The van der Waals surface area contributed by atoms with Gasteiger partial charge in [0, 0.05) is 28.2 Å². The van der Waals surface area contributed by atoms with E-state index in [1.165, 1.54) is 0 Å². The molecule has 0 saturated carbocycles. The Morgan fingerprint density at radius 3 is 0.833 bits per heavy atom. The zero-order valence-corrected chi connectivity index (χ0v) is 25.9. The zero-order valence-electron chi connectivity index (χ0n) is 25.9. The molecule has 6 N–H and O–H groups in total. The fraction of sp³-hybridized carbons (Fsp3) is 0. The number of ether oxygens (including phenoxy) is 3. The number of anilines is 3. The van der Waals surface area contributed by atoms with Crippen molar-refractivity contribution >= 4 is 17.1 Å². The standard InChI is InChI=1S/C41H32N4O3/c42-31-7-19-37(20-8-31)46-34-13-1-27(2-14-34)30-25-40(28-3-15-35(16-4-28)47-38-21-9-32(43)10-22-38)45-41(26-30)29-5-17-36(18-6-29)48-39-23-11-33(44)12-24-39/h1-26H,42-44H2. The van der Waals surface area contributed by atoms with Crippen LogP contribution in [-0.2, 0) is 0 Å². The van der Waals surface area contributed by atoms with Crippen LogP contribution in [-0.4, -0.2) is 4.98 Å². The first-order valence-corrected chi connectivity index (χ1v) is 15.4. The van der Waals surface area contributed by atoms with Crippen molar-refractivity contribution in [3.8, 4) is 68.1 Å². The first-order chi connectivity index (χ1) is 23.4. The van der Waals surface area contributed by atoms with Crippen LogP contribution >= 0.6 is 0 Å². The van der Waals surface area contributed by atoms with Crippen LogP contribution in [0.2, 0.25) is 0 Å². The summed E-state index contributed by atoms with van der Waals surface area (Å²) in [6, 6.07) is 49.9. The first kappa shape index (κ1) is 30.0. The molecule has 6 aromatic carbocycles. The van der Waals surface area contributed by atoms with Gasteiger partial charge in [-0.3, -0.25) is 0 Å². The van der Waals surface area contributed by atoms with Crippen molar-refractivity contribution < 1.29 is 14.2 Å². The monoisotopic (exact) mass is 628 g/mol. The summed E-state index contributed by atoms with van der Waals surface area (Å²) in [6.45, 7) is 0. The van der Waals surface area contributed by atoms with E-state index in [9.17, 15) is 0 Å². The highest BCUT2D eigenvalue weighted by atomic mass is 16.5. The largest absolute Gasteiger partial charge is 0.457 e. The van der Waals surface area contributed by atoms with Gasteiger partial charge in [0.1, 0.15) is 34.5 Å². The maximum Gasteiger partial charge on any atom is 0.127 e. The lowest BCUT2D eigenvalue weighted by atomic mass is 10.00. The number of pyridine rings is 1. The van der Waals surface area contributed by atoms with Crippen LogP contribution in [0.5, 0.6) is 34.5 Å². The number of rotatable bonds is 9. The Kier molecular flexibility index (Phi) is 8.31. The number of aromatic nitrogens is 1. The lowest BCUT2D eigenvalue weighted by Crippen LogP contribution is -1.92. The molecule has 0 spiro atoms. The minimum absolute atomic E-state index is 0.687. The minimum atomic E-state index is 0.687. The van der Waals surface area contributed by atoms with Gasteiger partial charge in [0.25, 0.3) is 0 Å². The van der Waals surface area contributed by atoms with E-state index >= 15 is 0 Å². The van der Waals surface area contributed by atoms with Crippen molar-refractivity contribution in [2.75, 3.05) is 17.2 Å². The van der Waals surface area contributed by atoms with Gasteiger partial charge in [0.05, 0.1) is 11.4 Å². The van der Waals surface area contributed by atoms with Crippen LogP contribution in [0.1, 0.15) is 0 Å². The molecular formula is C41H32N4O3. The summed E-state index contributed by atoms with van der Waals surface area (Å²) in [6.07, 6.45) is 0. The van der Waals surface area contributed by atoms with Crippen LogP contribution in [0.3, 0.4) is 0 Å². The number of hydrogen-bond donors (Lipinski definition) is 3. The van der Waals surface area contributed by atoms with Gasteiger partial charge in [-0.2, -0.15) is 0 Å². The van der Waals surface area contributed by atoms with E-state index in [1.54, 1.807) is 0 Å². The predicted molar refractivity (Wildman–Crippen MR) is 193 cm³/mol. The van der Waals surface area contributed by atoms with Gasteiger partial charge in [-0.1, -0.05) is 12.1 Å². The zero-order chi connectivity index (χ0) is 32.9. The molecule has 0 radical (unpaired) electrons. The fourth-order valence-corrected chi connectivity index (χ4v) is 5.11. The maximum atomic E-state index is 6.03. The highest BCUT2D eigenvalue weighted by Crippen LogP contribution is 2.34. The second-order valence-corrected chi connectivity index (χ2v) is 11.2. The van der Waals surface area contributed by atoms with E-state index in [-0.39, 0.29) is 0 Å². The SMILES string of the molecule is Nc1ccc(Oc2ccc(-c3cc(-c4ccc(Oc5ccc(N)cc5)cc4)nc(-c4ccc(Oc5ccc(N)cc5)cc4)c3)cc2)cc1. The number of nitrogens with zero attached hydrogens (tertiary/aromatic N) is 1. The number of nitrogens with two attached hydrogens (primary N) is 3. The van der Waals surface area contributed by atoms with Crippen LogP contribution in [0.15, 0.2) is 158 Å². The topological polar surface area (TPSA) is 119 Å². The summed E-state index contributed by atoms with van der Waals surface area (Å²) in [5, 5.41) is 0. The van der Waals surface area contributed by atoms with Crippen molar-refractivity contribution in [1.29, 1.82) is 0 Å². The molecule has 1 heterocycles. The summed E-state index contributed by atoms with van der Waals surface area (Å²) >= 11 is 0. The molecule has 0 fully saturated rings. The minimum Gasteiger partial charge on any atom is -0.457 e. The average Bonchev–Trinajstić information content (AvgIpc) is 3.12. The quantitative estimate of drug-likeness (QED) is 0.136. The lowest BCUT2D eigenvalue weighted by molar-refractivity contribution is 0.482. The maximum absolute atomic E-state index is 6.03. The summed E-state index contributed by atoms with van der Waals surface area (Å²) < 4.78 is 18.1. The van der Waals surface area contributed by atoms with E-state index in [4.69, 9.17) is 36.4 Å². The Balaban J connectivity index is 1.19. The molecule has 0 aliphatic rings. The fourth-order valence-electron chi connectivity index (χ4n) is 5.11. The Morgan fingerprint density at radius 1 is 0.292 bits per heavy atom. The molecular weight excluding hydrogens is 596 g/mol. The van der Waals surface area contributed by atoms with Gasteiger partial charge < -0.3 is 31.4 Å². The molecule has 0 amide bonds. The van der Waals surface area contributed by atoms with Crippen LogP contribution in [0, 0.1) is 0 Å². The van der Waals surface area contributed by atoms with E-state index < -0.39 is 0 Å². The summed E-state index contributed by atoms with van der Waals surface area (Å²) in [5.74, 6) is 4.31. The van der Waals surface area contributed by atoms with E-state index in [1.807, 2.05) is 146 Å². The summed E-state index contributed by atoms with van der Waals surface area (Å²) in [7, 11) is 0. The molecule has 7 heteroatoms. The molecule has 7 nitrogen and oxygen atoms in total. The van der Waals surface area contributed by atoms with Crippen molar-refractivity contribution in [3.63, 3.8) is 0 Å². The van der Waals surface area contributed by atoms with Gasteiger partial charge in [-0.15, -0.1) is 0 Å². The Labute approximate surface area is 278 Å². The number of benzene rings is 6. The van der Waals surface area contributed by atoms with Crippen molar-refractivity contribution in [3.05, 3.63) is 158 Å². The van der Waals surface area contributed by atoms with Gasteiger partial charge in [-0.25, -0.2) is 4.98 Å². The normalized spacial score (nSPS) is 10.8. The number of nitrogen functional groups attached to an aromatic ring is 3. The second kappa shape index (κ2) is 13.3. The van der Waals surface area contributed by atoms with E-state index in [0.717, 1.165) is 45.1 Å². The third-order valence-electron chi connectivity index (χ3n) is 7.66. The van der Waals surface area contributed by atoms with Crippen LogP contribution in [0.4, 0.5) is 17.1 Å². The summed E-state index contributed by atoms with van der Waals surface area (Å²) in [4.78, 5) is 5.08. The smallest absolute Gasteiger partial charge is 0.127 e. The molecule has 0 aliphatic heterocycles. The molecule has 0 unspecified atom stereocenters. The van der Waals surface area contributed by atoms with E-state index in [2.05, 4.69) is 12.1 Å². The molecule has 1 aromatic heterocycles. The van der Waals surface area contributed by atoms with Crippen molar-refractivity contribution in [1.82, 2.24) is 4.98 Å². The lowest BCUT2D eigenvalue weighted by Gasteiger charge is -2.13. The van der Waals surface area contributed by atoms with E-state index in [0.29, 0.717) is 40.1 Å². The highest BCUT2D eigenvalue weighted by molar-refractivity contribution is 5.77. The molecule has 0 bridgehead atoms. The van der Waals surface area contributed by atoms with Crippen molar-refractivity contribution in [2.24, 2.45) is 0 Å². The third-order valence-corrected chi connectivity index (χ3v) is 7.66. The predicted octanol–water partition coefficient (Wildman–Crippen LogP) is 10.2. The average molecular weight is 629 g/mol. The Hall–Kier alpha value is -6.73. The molecule has 7 rings (SSSR count). The van der Waals surface area contributed by atoms with Crippen LogP contribution < -0.4 is 31.4 Å². The second-order valence-electron chi connectivity index (χ2n) is 11.2. The van der Waals surface area contributed by atoms with Crippen LogP contribution in [0.25, 0.3) is 33.6 Å². The Bertz CT molecular complexity index is 1870. The van der Waals surface area contributed by atoms with Gasteiger partial charge >= 0.3 is 0 Å². The molecule has 234 valence electrons. The molecule has 0 saturated heterocycles. The first-order valence-electron chi connectivity index (χ1n) is 15.4. The van der Waals surface area contributed by atoms with Crippen molar-refractivity contribution in [2.45, 2.75) is 0 Å². The molecule has 0 atom stereocenters. The Morgan fingerprint density at radius 2 is 0.542 bits per heavy atom. The molecule has 7 aromatic rings. The van der Waals surface area contributed by atoms with Gasteiger partial charge in [0.15, 0.2) is 0 Å². The third kappa shape index (κ3) is 7.22. The highest BCUT2D eigenvalue weighted by Gasteiger charge is 2.11. The summed E-state index contributed by atoms with van der Waals surface area (Å²) in [5.41, 5.74) is 25.1. The van der Waals surface area contributed by atoms with Gasteiger partial charge in [-0.05, 0) is 157 Å².